The molecule has 1 N–H and O–H groups in total. The van der Waals surface area contributed by atoms with Gasteiger partial charge in [-0.2, -0.15) is 10.4 Å². The van der Waals surface area contributed by atoms with Crippen LogP contribution in [0.4, 0.5) is 11.4 Å². The molecule has 2 aromatic carbocycles. The first-order valence-corrected chi connectivity index (χ1v) is 10.1. The van der Waals surface area contributed by atoms with Crippen molar-refractivity contribution in [1.82, 2.24) is 14.8 Å². The number of nitriles is 1. The molecule has 138 valence electrons. The molecule has 0 fully saturated rings. The number of aromatic nitrogens is 3. The Morgan fingerprint density at radius 2 is 1.93 bits per heavy atom. The lowest BCUT2D eigenvalue weighted by Crippen LogP contribution is -2.02. The molecule has 2 heterocycles. The Balaban J connectivity index is 1.70. The van der Waals surface area contributed by atoms with Crippen LogP contribution < -0.4 is 5.32 Å². The SMILES string of the molecule is CSc1nc2ccccc2c(Nc2cnn(Cc3ccccc3C)c2)c1C#N. The molecule has 0 saturated heterocycles. The van der Waals surface area contributed by atoms with Crippen LogP contribution in [0.15, 0.2) is 66.0 Å². The van der Waals surface area contributed by atoms with E-state index < -0.39 is 0 Å². The quantitative estimate of drug-likeness (QED) is 0.483. The van der Waals surface area contributed by atoms with Gasteiger partial charge in [0.05, 0.1) is 29.6 Å². The van der Waals surface area contributed by atoms with Gasteiger partial charge in [-0.05, 0) is 30.4 Å². The van der Waals surface area contributed by atoms with Crippen LogP contribution in [-0.2, 0) is 6.54 Å². The second-order valence-corrected chi connectivity index (χ2v) is 7.27. The number of benzene rings is 2. The number of thioether (sulfide) groups is 1. The highest BCUT2D eigenvalue weighted by Crippen LogP contribution is 2.34. The lowest BCUT2D eigenvalue weighted by atomic mass is 10.1. The van der Waals surface area contributed by atoms with Gasteiger partial charge in [0.15, 0.2) is 0 Å². The minimum Gasteiger partial charge on any atom is -0.351 e. The number of hydrogen-bond acceptors (Lipinski definition) is 5. The number of para-hydroxylation sites is 1. The molecule has 0 spiro atoms. The van der Waals surface area contributed by atoms with E-state index in [2.05, 4.69) is 40.5 Å². The lowest BCUT2D eigenvalue weighted by molar-refractivity contribution is 0.684. The summed E-state index contributed by atoms with van der Waals surface area (Å²) in [6, 6.07) is 18.4. The van der Waals surface area contributed by atoms with Crippen molar-refractivity contribution in [3.05, 3.63) is 77.6 Å². The standard InChI is InChI=1S/C22H19N5S/c1-15-7-3-4-8-16(15)13-27-14-17(12-24-27)25-21-18-9-5-6-10-20(18)26-22(28-2)19(21)11-23/h3-10,12,14H,13H2,1-2H3,(H,25,26). The molecule has 0 amide bonds. The zero-order valence-electron chi connectivity index (χ0n) is 15.7. The van der Waals surface area contributed by atoms with Gasteiger partial charge >= 0.3 is 0 Å². The molecule has 6 heteroatoms. The van der Waals surface area contributed by atoms with E-state index in [1.165, 1.54) is 22.9 Å². The predicted octanol–water partition coefficient (Wildman–Crippen LogP) is 5.13. The van der Waals surface area contributed by atoms with Crippen LogP contribution in [0.3, 0.4) is 0 Å². The zero-order chi connectivity index (χ0) is 19.5. The monoisotopic (exact) mass is 385 g/mol. The van der Waals surface area contributed by atoms with Gasteiger partial charge in [-0.15, -0.1) is 11.8 Å². The van der Waals surface area contributed by atoms with E-state index in [4.69, 9.17) is 0 Å². The maximum absolute atomic E-state index is 9.73. The van der Waals surface area contributed by atoms with Gasteiger partial charge in [0.25, 0.3) is 0 Å². The Morgan fingerprint density at radius 3 is 2.71 bits per heavy atom. The molecule has 0 radical (unpaired) electrons. The minimum absolute atomic E-state index is 0.554. The van der Waals surface area contributed by atoms with Crippen LogP contribution in [0.5, 0.6) is 0 Å². The summed E-state index contributed by atoms with van der Waals surface area (Å²) in [5.41, 5.74) is 5.50. The number of nitrogens with zero attached hydrogens (tertiary/aromatic N) is 4. The average Bonchev–Trinajstić information content (AvgIpc) is 3.16. The number of nitrogens with one attached hydrogen (secondary N) is 1. The summed E-state index contributed by atoms with van der Waals surface area (Å²) in [5, 5.41) is 19.3. The van der Waals surface area contributed by atoms with Gasteiger partial charge in [0, 0.05) is 11.6 Å². The summed E-state index contributed by atoms with van der Waals surface area (Å²) < 4.78 is 1.90. The maximum atomic E-state index is 9.73. The van der Waals surface area contributed by atoms with E-state index in [0.717, 1.165) is 27.3 Å². The Bertz CT molecular complexity index is 1190. The molecule has 4 rings (SSSR count). The number of fused-ring (bicyclic) bond motifs is 1. The summed E-state index contributed by atoms with van der Waals surface area (Å²) in [7, 11) is 0. The topological polar surface area (TPSA) is 66.5 Å². The molecule has 0 aliphatic rings. The summed E-state index contributed by atoms with van der Waals surface area (Å²) in [6.07, 6.45) is 5.68. The second-order valence-electron chi connectivity index (χ2n) is 6.48. The van der Waals surface area contributed by atoms with Crippen LogP contribution in [-0.4, -0.2) is 21.0 Å². The first kappa shape index (κ1) is 18.1. The molecule has 5 nitrogen and oxygen atoms in total. The Kier molecular flexibility index (Phi) is 5.00. The largest absolute Gasteiger partial charge is 0.351 e. The van der Waals surface area contributed by atoms with E-state index in [9.17, 15) is 5.26 Å². The zero-order valence-corrected chi connectivity index (χ0v) is 16.5. The van der Waals surface area contributed by atoms with Crippen molar-refractivity contribution in [2.75, 3.05) is 11.6 Å². The summed E-state index contributed by atoms with van der Waals surface area (Å²) in [4.78, 5) is 4.62. The predicted molar refractivity (Wildman–Crippen MR) is 114 cm³/mol. The molecule has 2 aromatic heterocycles. The van der Waals surface area contributed by atoms with Crippen molar-refractivity contribution >= 4 is 34.0 Å². The van der Waals surface area contributed by atoms with Gasteiger partial charge in [0.2, 0.25) is 0 Å². The molecule has 0 atom stereocenters. The van der Waals surface area contributed by atoms with Crippen LogP contribution in [0.2, 0.25) is 0 Å². The first-order chi connectivity index (χ1) is 13.7. The van der Waals surface area contributed by atoms with Crippen LogP contribution in [0.25, 0.3) is 10.9 Å². The normalized spacial score (nSPS) is 10.8. The number of anilines is 2. The average molecular weight is 385 g/mol. The molecule has 4 aromatic rings. The number of aryl methyl sites for hydroxylation is 1. The third-order valence-corrected chi connectivity index (χ3v) is 5.34. The van der Waals surface area contributed by atoms with Crippen LogP contribution >= 0.6 is 11.8 Å². The van der Waals surface area contributed by atoms with Crippen LogP contribution in [0, 0.1) is 18.3 Å². The van der Waals surface area contributed by atoms with E-state index in [0.29, 0.717) is 12.1 Å². The Morgan fingerprint density at radius 1 is 1.14 bits per heavy atom. The van der Waals surface area contributed by atoms with Gasteiger partial charge in [-0.25, -0.2) is 4.98 Å². The lowest BCUT2D eigenvalue weighted by Gasteiger charge is -2.12. The number of hydrogen-bond donors (Lipinski definition) is 1. The van der Waals surface area contributed by atoms with Crippen LogP contribution in [0.1, 0.15) is 16.7 Å². The van der Waals surface area contributed by atoms with Crippen molar-refractivity contribution in [1.29, 1.82) is 5.26 Å². The third-order valence-electron chi connectivity index (χ3n) is 4.66. The summed E-state index contributed by atoms with van der Waals surface area (Å²) in [6.45, 7) is 2.80. The fraction of sp³-hybridized carbons (Fsp3) is 0.136. The first-order valence-electron chi connectivity index (χ1n) is 8.90. The second kappa shape index (κ2) is 7.75. The molecule has 0 saturated carbocycles. The molecular weight excluding hydrogens is 366 g/mol. The van der Waals surface area contributed by atoms with Gasteiger partial charge < -0.3 is 5.32 Å². The number of pyridine rings is 1. The fourth-order valence-corrected chi connectivity index (χ4v) is 3.73. The summed E-state index contributed by atoms with van der Waals surface area (Å²) >= 11 is 1.47. The van der Waals surface area contributed by atoms with Crippen molar-refractivity contribution in [2.24, 2.45) is 0 Å². The van der Waals surface area contributed by atoms with E-state index in [-0.39, 0.29) is 0 Å². The molecule has 0 aliphatic carbocycles. The molecular formula is C22H19N5S. The van der Waals surface area contributed by atoms with E-state index in [1.54, 1.807) is 6.20 Å². The van der Waals surface area contributed by atoms with Crippen molar-refractivity contribution in [3.63, 3.8) is 0 Å². The highest BCUT2D eigenvalue weighted by molar-refractivity contribution is 7.98. The van der Waals surface area contributed by atoms with Crippen molar-refractivity contribution < 1.29 is 0 Å². The summed E-state index contributed by atoms with van der Waals surface area (Å²) in [5.74, 6) is 0. The van der Waals surface area contributed by atoms with Gasteiger partial charge in [-0.1, -0.05) is 42.5 Å². The molecule has 28 heavy (non-hydrogen) atoms. The third kappa shape index (κ3) is 3.45. The molecule has 0 aliphatic heterocycles. The van der Waals surface area contributed by atoms with Gasteiger partial charge in [0.1, 0.15) is 16.7 Å². The fourth-order valence-electron chi connectivity index (χ4n) is 3.19. The Hall–Kier alpha value is -3.30. The van der Waals surface area contributed by atoms with E-state index in [1.807, 2.05) is 53.5 Å². The number of rotatable bonds is 5. The Labute approximate surface area is 168 Å². The maximum Gasteiger partial charge on any atom is 0.116 e. The van der Waals surface area contributed by atoms with Crippen molar-refractivity contribution in [2.45, 2.75) is 18.5 Å². The van der Waals surface area contributed by atoms with Crippen molar-refractivity contribution in [3.8, 4) is 6.07 Å². The minimum atomic E-state index is 0.554. The molecule has 0 bridgehead atoms. The highest BCUT2D eigenvalue weighted by atomic mass is 32.2. The van der Waals surface area contributed by atoms with E-state index >= 15 is 0 Å². The van der Waals surface area contributed by atoms with Gasteiger partial charge in [-0.3, -0.25) is 4.68 Å². The highest BCUT2D eigenvalue weighted by Gasteiger charge is 2.15. The molecule has 0 unspecified atom stereocenters. The smallest absolute Gasteiger partial charge is 0.116 e.